The summed E-state index contributed by atoms with van der Waals surface area (Å²) in [7, 11) is 0. The largest absolute Gasteiger partial charge is 0.466 e. The average molecular weight is 165 g/mol. The molecular weight excluding hydrogens is 158 g/mol. The molecule has 0 radical (unpaired) electrons. The Bertz CT molecular complexity index is 201. The average Bonchev–Trinajstić information content (AvgIpc) is 2.24. The van der Waals surface area contributed by atoms with Gasteiger partial charge in [0.2, 0.25) is 0 Å². The predicted octanol–water partition coefficient (Wildman–Crippen LogP) is 0.847. The molecule has 0 atom stereocenters. The molecule has 1 aromatic heterocycles. The number of hydrogen-bond donors (Lipinski definition) is 0. The van der Waals surface area contributed by atoms with Crippen molar-refractivity contribution in [1.29, 1.82) is 0 Å². The first-order valence-electron chi connectivity index (χ1n) is 3.19. The van der Waals surface area contributed by atoms with E-state index in [-0.39, 0.29) is 0 Å². The van der Waals surface area contributed by atoms with Crippen molar-refractivity contribution in [2.45, 2.75) is 0 Å². The van der Waals surface area contributed by atoms with Gasteiger partial charge in [0.15, 0.2) is 0 Å². The first-order chi connectivity index (χ1) is 6.00. The van der Waals surface area contributed by atoms with E-state index in [9.17, 15) is 0 Å². The van der Waals surface area contributed by atoms with Gasteiger partial charge < -0.3 is 9.47 Å². The topological polar surface area (TPSA) is 57.1 Å². The highest BCUT2D eigenvalue weighted by atomic mass is 16.5. The number of nitrogens with zero attached hydrogens (tertiary/aromatic N) is 3. The van der Waals surface area contributed by atoms with Crippen LogP contribution in [-0.2, 0) is 9.47 Å². The van der Waals surface area contributed by atoms with Crippen LogP contribution in [0.5, 0.6) is 0 Å². The Morgan fingerprint density at radius 1 is 0.750 bits per heavy atom. The van der Waals surface area contributed by atoms with E-state index in [1.807, 2.05) is 0 Å². The van der Waals surface area contributed by atoms with Crippen molar-refractivity contribution in [2.75, 3.05) is 0 Å². The fourth-order valence-electron chi connectivity index (χ4n) is 0.424. The van der Waals surface area contributed by atoms with Crippen molar-refractivity contribution in [2.24, 2.45) is 0 Å². The predicted molar refractivity (Wildman–Crippen MR) is 40.3 cm³/mol. The minimum absolute atomic E-state index is 1.46. The van der Waals surface area contributed by atoms with Crippen LogP contribution in [0.15, 0.2) is 43.5 Å². The van der Waals surface area contributed by atoms with Crippen LogP contribution in [0, 0.1) is 0 Å². The quantitative estimate of drug-likeness (QED) is 0.570. The summed E-state index contributed by atoms with van der Waals surface area (Å²) in [5.74, 6) is 0. The number of aromatic nitrogens is 3. The normalized spacial score (nSPS) is 12.0. The Balaban J connectivity index is 0.000000120. The summed E-state index contributed by atoms with van der Waals surface area (Å²) in [6, 6.07) is 1.72. The third-order valence-corrected chi connectivity index (χ3v) is 0.834. The lowest BCUT2D eigenvalue weighted by atomic mass is 10.7. The van der Waals surface area contributed by atoms with Gasteiger partial charge in [-0.05, 0) is 11.3 Å². The van der Waals surface area contributed by atoms with Crippen LogP contribution in [0.25, 0.3) is 0 Å². The zero-order chi connectivity index (χ0) is 8.49. The molecule has 0 fully saturated rings. The maximum absolute atomic E-state index is 4.58. The van der Waals surface area contributed by atoms with Gasteiger partial charge in [-0.2, -0.15) is 0 Å². The lowest BCUT2D eigenvalue weighted by molar-refractivity contribution is 0.290. The summed E-state index contributed by atoms with van der Waals surface area (Å²) in [5.41, 5.74) is 0. The lowest BCUT2D eigenvalue weighted by Gasteiger charge is -1.94. The Morgan fingerprint density at radius 2 is 1.25 bits per heavy atom. The van der Waals surface area contributed by atoms with Crippen LogP contribution >= 0.6 is 0 Å². The molecule has 1 aromatic rings. The molecule has 0 aromatic carbocycles. The van der Waals surface area contributed by atoms with E-state index < -0.39 is 0 Å². The van der Waals surface area contributed by atoms with Gasteiger partial charge in [0.1, 0.15) is 25.0 Å². The highest BCUT2D eigenvalue weighted by molar-refractivity contribution is 4.77. The number of ether oxygens (including phenoxy) is 2. The molecule has 2 heterocycles. The fourth-order valence-corrected chi connectivity index (χ4v) is 0.424. The highest BCUT2D eigenvalue weighted by Gasteiger charge is 1.74. The molecule has 0 bridgehead atoms. The summed E-state index contributed by atoms with van der Waals surface area (Å²) in [5, 5.41) is 10.1. The van der Waals surface area contributed by atoms with Gasteiger partial charge in [-0.1, -0.05) is 0 Å². The van der Waals surface area contributed by atoms with E-state index >= 15 is 0 Å². The van der Waals surface area contributed by atoms with E-state index in [1.165, 1.54) is 25.0 Å². The zero-order valence-corrected chi connectivity index (χ0v) is 6.20. The Morgan fingerprint density at radius 3 is 1.42 bits per heavy atom. The molecule has 1 aliphatic rings. The highest BCUT2D eigenvalue weighted by Crippen LogP contribution is 1.89. The van der Waals surface area contributed by atoms with Gasteiger partial charge in [-0.15, -0.1) is 10.2 Å². The molecule has 0 spiro atoms. The number of rotatable bonds is 0. The van der Waals surface area contributed by atoms with E-state index in [4.69, 9.17) is 0 Å². The fraction of sp³-hybridized carbons (Fsp3) is 0. The second-order valence-electron chi connectivity index (χ2n) is 1.63. The van der Waals surface area contributed by atoms with Crippen molar-refractivity contribution in [3.63, 3.8) is 0 Å². The standard InChI is InChI=1S/C4H4O2.C3H3N3/c1-2-6-4-3-5-1;1-2-4-6-5-3-1/h1-4H;1-3H. The Hall–Kier alpha value is -1.91. The Kier molecular flexibility index (Phi) is 3.99. The molecule has 0 aliphatic carbocycles. The monoisotopic (exact) mass is 165 g/mol. The molecule has 5 heteroatoms. The summed E-state index contributed by atoms with van der Waals surface area (Å²) >= 11 is 0. The van der Waals surface area contributed by atoms with Crippen molar-refractivity contribution in [3.05, 3.63) is 43.5 Å². The third kappa shape index (κ3) is 3.99. The maximum atomic E-state index is 4.58. The molecule has 2 rings (SSSR count). The van der Waals surface area contributed by atoms with Gasteiger partial charge in [0.25, 0.3) is 0 Å². The van der Waals surface area contributed by atoms with Crippen LogP contribution in [0.2, 0.25) is 0 Å². The van der Waals surface area contributed by atoms with Gasteiger partial charge in [-0.25, -0.2) is 0 Å². The van der Waals surface area contributed by atoms with Crippen LogP contribution in [0.4, 0.5) is 0 Å². The minimum atomic E-state index is 1.46. The van der Waals surface area contributed by atoms with Gasteiger partial charge in [0, 0.05) is 0 Å². The van der Waals surface area contributed by atoms with Gasteiger partial charge in [0.05, 0.1) is 12.4 Å². The Labute approximate surface area is 69.3 Å². The molecule has 0 saturated carbocycles. The van der Waals surface area contributed by atoms with E-state index in [2.05, 4.69) is 24.9 Å². The summed E-state index contributed by atoms with van der Waals surface area (Å²) in [6.07, 6.45) is 8.99. The van der Waals surface area contributed by atoms with E-state index in [0.717, 1.165) is 0 Å². The molecular formula is C7H7N3O2. The second-order valence-corrected chi connectivity index (χ2v) is 1.63. The van der Waals surface area contributed by atoms with Crippen molar-refractivity contribution < 1.29 is 9.47 Å². The van der Waals surface area contributed by atoms with Gasteiger partial charge in [-0.3, -0.25) is 0 Å². The summed E-state index contributed by atoms with van der Waals surface area (Å²) in [4.78, 5) is 0. The lowest BCUT2D eigenvalue weighted by Crippen LogP contribution is -1.78. The smallest absolute Gasteiger partial charge is 0.125 e. The van der Waals surface area contributed by atoms with E-state index in [1.54, 1.807) is 18.5 Å². The molecule has 0 N–H and O–H groups in total. The maximum Gasteiger partial charge on any atom is 0.125 e. The third-order valence-electron chi connectivity index (χ3n) is 0.834. The van der Waals surface area contributed by atoms with Crippen LogP contribution in [0.3, 0.4) is 0 Å². The molecule has 0 amide bonds. The number of hydrogen-bond acceptors (Lipinski definition) is 5. The molecule has 0 saturated heterocycles. The molecule has 0 unspecified atom stereocenters. The van der Waals surface area contributed by atoms with Crippen LogP contribution in [-0.4, -0.2) is 15.4 Å². The molecule has 62 valence electrons. The molecule has 1 aliphatic heterocycles. The first-order valence-corrected chi connectivity index (χ1v) is 3.19. The zero-order valence-electron chi connectivity index (χ0n) is 6.20. The van der Waals surface area contributed by atoms with Crippen molar-refractivity contribution >= 4 is 0 Å². The first kappa shape index (κ1) is 8.19. The summed E-state index contributed by atoms with van der Waals surface area (Å²) in [6.45, 7) is 0. The summed E-state index contributed by atoms with van der Waals surface area (Å²) < 4.78 is 9.17. The molecule has 12 heavy (non-hydrogen) atoms. The van der Waals surface area contributed by atoms with E-state index in [0.29, 0.717) is 0 Å². The van der Waals surface area contributed by atoms with Crippen molar-refractivity contribution in [1.82, 2.24) is 15.4 Å². The van der Waals surface area contributed by atoms with Crippen LogP contribution in [0.1, 0.15) is 0 Å². The van der Waals surface area contributed by atoms with Crippen LogP contribution < -0.4 is 0 Å². The molecule has 5 nitrogen and oxygen atoms in total. The van der Waals surface area contributed by atoms with Gasteiger partial charge >= 0.3 is 0 Å². The minimum Gasteiger partial charge on any atom is -0.466 e. The van der Waals surface area contributed by atoms with Crippen molar-refractivity contribution in [3.8, 4) is 0 Å². The SMILES string of the molecule is C1=COC=CO1.c1cnnnc1. The second kappa shape index (κ2) is 5.84.